The minimum absolute atomic E-state index is 0.0140. The van der Waals surface area contributed by atoms with E-state index >= 15 is 0 Å². The molecule has 1 rings (SSSR count). The fourth-order valence-corrected chi connectivity index (χ4v) is 2.11. The number of amides is 1. The van der Waals surface area contributed by atoms with Gasteiger partial charge in [0.05, 0.1) is 16.0 Å². The zero-order chi connectivity index (χ0) is 15.3. The highest BCUT2D eigenvalue weighted by atomic mass is 35.5. The molecule has 0 spiro atoms. The number of nitrogens with one attached hydrogen (secondary N) is 1. The molecule has 0 unspecified atom stereocenters. The molecule has 0 aliphatic rings. The Balaban J connectivity index is 2.86. The van der Waals surface area contributed by atoms with Gasteiger partial charge < -0.3 is 15.5 Å². The third-order valence-electron chi connectivity index (χ3n) is 3.59. The maximum atomic E-state index is 12.0. The van der Waals surface area contributed by atoms with Crippen molar-refractivity contribution in [3.63, 3.8) is 0 Å². The summed E-state index contributed by atoms with van der Waals surface area (Å²) in [5, 5.41) is 21.4. The maximum Gasteiger partial charge on any atom is 0.311 e. The van der Waals surface area contributed by atoms with E-state index < -0.39 is 17.3 Å². The number of phenols is 1. The molecular formula is C14H18ClNO4. The van der Waals surface area contributed by atoms with Crippen LogP contribution in [0.2, 0.25) is 5.02 Å². The first kappa shape index (κ1) is 16.3. The number of carbonyl (C=O) groups excluding carboxylic acids is 1. The number of hydrogen-bond acceptors (Lipinski definition) is 3. The molecule has 3 N–H and O–H groups in total. The second-order valence-electron chi connectivity index (χ2n) is 4.64. The number of phenolic OH excluding ortho intramolecular Hbond substituents is 1. The molecule has 0 saturated heterocycles. The summed E-state index contributed by atoms with van der Waals surface area (Å²) < 4.78 is 0. The van der Waals surface area contributed by atoms with Crippen LogP contribution in [0.25, 0.3) is 0 Å². The molecule has 0 atom stereocenters. The maximum absolute atomic E-state index is 12.0. The predicted octanol–water partition coefficient (Wildman–Crippen LogP) is 2.67. The first-order valence-corrected chi connectivity index (χ1v) is 6.74. The minimum Gasteiger partial charge on any atom is -0.508 e. The quantitative estimate of drug-likeness (QED) is 0.753. The average molecular weight is 300 g/mol. The van der Waals surface area contributed by atoms with Crippen molar-refractivity contribution in [1.82, 2.24) is 5.32 Å². The van der Waals surface area contributed by atoms with Crippen molar-refractivity contribution in [3.05, 3.63) is 28.8 Å². The lowest BCUT2D eigenvalue weighted by atomic mass is 9.82. The molecule has 0 radical (unpaired) electrons. The molecule has 20 heavy (non-hydrogen) atoms. The fraction of sp³-hybridized carbons (Fsp3) is 0.429. The van der Waals surface area contributed by atoms with Crippen molar-refractivity contribution in [2.75, 3.05) is 6.54 Å². The minimum atomic E-state index is -0.987. The zero-order valence-corrected chi connectivity index (χ0v) is 12.2. The van der Waals surface area contributed by atoms with Gasteiger partial charge in [0, 0.05) is 6.54 Å². The molecule has 0 heterocycles. The van der Waals surface area contributed by atoms with Crippen molar-refractivity contribution in [2.45, 2.75) is 26.7 Å². The van der Waals surface area contributed by atoms with Gasteiger partial charge in [0.15, 0.2) is 0 Å². The zero-order valence-electron chi connectivity index (χ0n) is 11.4. The monoisotopic (exact) mass is 299 g/mol. The lowest BCUT2D eigenvalue weighted by molar-refractivity contribution is -0.149. The number of aliphatic carboxylic acids is 1. The Morgan fingerprint density at radius 1 is 1.30 bits per heavy atom. The van der Waals surface area contributed by atoms with Crippen molar-refractivity contribution in [2.24, 2.45) is 5.41 Å². The van der Waals surface area contributed by atoms with Crippen LogP contribution in [0.15, 0.2) is 18.2 Å². The third kappa shape index (κ3) is 3.42. The summed E-state index contributed by atoms with van der Waals surface area (Å²) in [7, 11) is 0. The van der Waals surface area contributed by atoms with Gasteiger partial charge in [0.1, 0.15) is 5.75 Å². The predicted molar refractivity (Wildman–Crippen MR) is 76.1 cm³/mol. The summed E-state index contributed by atoms with van der Waals surface area (Å²) >= 11 is 5.88. The standard InChI is InChI=1S/C14H18ClNO4/c1-3-14(4-2,13(19)20)8-16-12(18)10-7-9(17)5-6-11(10)15/h5-7,17H,3-4,8H2,1-2H3,(H,16,18)(H,19,20). The number of aromatic hydroxyl groups is 1. The normalized spacial score (nSPS) is 11.2. The lowest BCUT2D eigenvalue weighted by Gasteiger charge is -2.26. The highest BCUT2D eigenvalue weighted by Gasteiger charge is 2.35. The molecule has 0 fully saturated rings. The summed E-state index contributed by atoms with van der Waals surface area (Å²) in [5.74, 6) is -1.52. The van der Waals surface area contributed by atoms with Gasteiger partial charge in [-0.1, -0.05) is 25.4 Å². The summed E-state index contributed by atoms with van der Waals surface area (Å²) in [5.41, 5.74) is -0.864. The fourth-order valence-electron chi connectivity index (χ4n) is 1.91. The number of carboxylic acids is 1. The Hall–Kier alpha value is -1.75. The second kappa shape index (κ2) is 6.61. The lowest BCUT2D eigenvalue weighted by Crippen LogP contribution is -2.42. The number of benzene rings is 1. The molecule has 0 saturated carbocycles. The molecular weight excluding hydrogens is 282 g/mol. The average Bonchev–Trinajstić information content (AvgIpc) is 2.42. The van der Waals surface area contributed by atoms with Gasteiger partial charge in [-0.05, 0) is 31.0 Å². The second-order valence-corrected chi connectivity index (χ2v) is 5.05. The molecule has 0 bridgehead atoms. The first-order chi connectivity index (χ1) is 9.36. The summed E-state index contributed by atoms with van der Waals surface area (Å²) in [6, 6.07) is 4.03. The molecule has 1 aromatic carbocycles. The molecule has 5 nitrogen and oxygen atoms in total. The van der Waals surface area contributed by atoms with E-state index in [9.17, 15) is 19.8 Å². The largest absolute Gasteiger partial charge is 0.508 e. The summed E-state index contributed by atoms with van der Waals surface area (Å²) in [6.45, 7) is 3.55. The molecule has 1 aromatic rings. The van der Waals surface area contributed by atoms with E-state index in [2.05, 4.69) is 5.32 Å². The van der Waals surface area contributed by atoms with Crippen molar-refractivity contribution in [3.8, 4) is 5.75 Å². The van der Waals surface area contributed by atoms with Gasteiger partial charge in [0.25, 0.3) is 5.91 Å². The van der Waals surface area contributed by atoms with E-state index in [0.717, 1.165) is 0 Å². The van der Waals surface area contributed by atoms with E-state index in [1.165, 1.54) is 18.2 Å². The number of carboxylic acid groups (broad SMARTS) is 1. The van der Waals surface area contributed by atoms with E-state index in [-0.39, 0.29) is 22.9 Å². The van der Waals surface area contributed by atoms with Crippen molar-refractivity contribution < 1.29 is 19.8 Å². The third-order valence-corrected chi connectivity index (χ3v) is 3.92. The van der Waals surface area contributed by atoms with Crippen LogP contribution in [0.4, 0.5) is 0 Å². The number of hydrogen-bond donors (Lipinski definition) is 3. The van der Waals surface area contributed by atoms with E-state index in [0.29, 0.717) is 12.8 Å². The topological polar surface area (TPSA) is 86.6 Å². The van der Waals surface area contributed by atoms with Crippen LogP contribution in [-0.2, 0) is 4.79 Å². The van der Waals surface area contributed by atoms with E-state index in [1.54, 1.807) is 13.8 Å². The molecule has 1 amide bonds. The first-order valence-electron chi connectivity index (χ1n) is 6.36. The molecule has 6 heteroatoms. The van der Waals surface area contributed by atoms with Crippen molar-refractivity contribution >= 4 is 23.5 Å². The van der Waals surface area contributed by atoms with Gasteiger partial charge in [0.2, 0.25) is 0 Å². The molecule has 0 aromatic heterocycles. The summed E-state index contributed by atoms with van der Waals surface area (Å²) in [4.78, 5) is 23.4. The van der Waals surface area contributed by atoms with E-state index in [1.807, 2.05) is 0 Å². The van der Waals surface area contributed by atoms with Gasteiger partial charge in [-0.3, -0.25) is 9.59 Å². The van der Waals surface area contributed by atoms with E-state index in [4.69, 9.17) is 11.6 Å². The van der Waals surface area contributed by atoms with Gasteiger partial charge >= 0.3 is 5.97 Å². The van der Waals surface area contributed by atoms with Crippen LogP contribution in [0.5, 0.6) is 5.75 Å². The Morgan fingerprint density at radius 2 is 1.90 bits per heavy atom. The van der Waals surface area contributed by atoms with Crippen molar-refractivity contribution in [1.29, 1.82) is 0 Å². The van der Waals surface area contributed by atoms with Gasteiger partial charge in [-0.15, -0.1) is 0 Å². The summed E-state index contributed by atoms with van der Waals surface area (Å²) in [6.07, 6.45) is 0.819. The smallest absolute Gasteiger partial charge is 0.311 e. The Bertz CT molecular complexity index is 512. The number of rotatable bonds is 6. The van der Waals surface area contributed by atoms with Crippen LogP contribution in [-0.4, -0.2) is 28.6 Å². The van der Waals surface area contributed by atoms with Gasteiger partial charge in [-0.25, -0.2) is 0 Å². The molecule has 0 aliphatic carbocycles. The SMILES string of the molecule is CCC(CC)(CNC(=O)c1cc(O)ccc1Cl)C(=O)O. The highest BCUT2D eigenvalue weighted by molar-refractivity contribution is 6.33. The number of carbonyl (C=O) groups is 2. The van der Waals surface area contributed by atoms with Crippen LogP contribution >= 0.6 is 11.6 Å². The van der Waals surface area contributed by atoms with Gasteiger partial charge in [-0.2, -0.15) is 0 Å². The number of halogens is 1. The molecule has 110 valence electrons. The van der Waals surface area contributed by atoms with Crippen LogP contribution in [0.3, 0.4) is 0 Å². The Labute approximate surface area is 122 Å². The van der Waals surface area contributed by atoms with Crippen LogP contribution < -0.4 is 5.32 Å². The Kier molecular flexibility index (Phi) is 5.39. The highest BCUT2D eigenvalue weighted by Crippen LogP contribution is 2.26. The molecule has 0 aliphatic heterocycles. The van der Waals surface area contributed by atoms with Crippen LogP contribution in [0, 0.1) is 5.41 Å². The Morgan fingerprint density at radius 3 is 2.40 bits per heavy atom. The van der Waals surface area contributed by atoms with Crippen LogP contribution in [0.1, 0.15) is 37.0 Å².